The van der Waals surface area contributed by atoms with E-state index in [9.17, 15) is 4.39 Å². The zero-order valence-corrected chi connectivity index (χ0v) is 9.61. The smallest absolute Gasteiger partial charge is 0.230 e. The molecule has 1 aliphatic rings. The van der Waals surface area contributed by atoms with Gasteiger partial charge in [0.15, 0.2) is 0 Å². The van der Waals surface area contributed by atoms with Gasteiger partial charge in [0.25, 0.3) is 0 Å². The quantitative estimate of drug-likeness (QED) is 0.796. The van der Waals surface area contributed by atoms with Crippen LogP contribution in [0, 0.1) is 12.7 Å². The minimum atomic E-state index is -0.242. The highest BCUT2D eigenvalue weighted by molar-refractivity contribution is 5.59. The first kappa shape index (κ1) is 10.4. The van der Waals surface area contributed by atoms with E-state index in [0.29, 0.717) is 11.7 Å². The van der Waals surface area contributed by atoms with Gasteiger partial charge < -0.3 is 4.52 Å². The lowest BCUT2D eigenvalue weighted by Gasteiger charge is -2.20. The van der Waals surface area contributed by atoms with E-state index in [1.54, 1.807) is 6.07 Å². The number of halogens is 1. The van der Waals surface area contributed by atoms with Gasteiger partial charge in [-0.3, -0.25) is 0 Å². The molecule has 1 fully saturated rings. The van der Waals surface area contributed by atoms with E-state index in [4.69, 9.17) is 4.52 Å². The summed E-state index contributed by atoms with van der Waals surface area (Å²) in [5.41, 5.74) is 1.66. The molecule has 0 aliphatic heterocycles. The SMILES string of the molecule is Cc1cc(F)ccc1-c1noc(C2CCC2)n1. The molecule has 2 aromatic rings. The van der Waals surface area contributed by atoms with Gasteiger partial charge in [-0.15, -0.1) is 0 Å². The normalized spacial score (nSPS) is 15.9. The number of aryl methyl sites for hydroxylation is 1. The summed E-state index contributed by atoms with van der Waals surface area (Å²) in [7, 11) is 0. The Balaban J connectivity index is 1.94. The van der Waals surface area contributed by atoms with E-state index in [-0.39, 0.29) is 5.82 Å². The summed E-state index contributed by atoms with van der Waals surface area (Å²) in [5.74, 6) is 1.46. The van der Waals surface area contributed by atoms with Crippen molar-refractivity contribution in [1.82, 2.24) is 10.1 Å². The van der Waals surface area contributed by atoms with Crippen LogP contribution in [0.1, 0.15) is 36.6 Å². The summed E-state index contributed by atoms with van der Waals surface area (Å²) in [6, 6.07) is 4.59. The second-order valence-corrected chi connectivity index (χ2v) is 4.54. The lowest BCUT2D eigenvalue weighted by molar-refractivity contribution is 0.292. The molecule has 0 unspecified atom stereocenters. The van der Waals surface area contributed by atoms with Crippen LogP contribution in [0.2, 0.25) is 0 Å². The highest BCUT2D eigenvalue weighted by Gasteiger charge is 2.25. The predicted molar refractivity (Wildman–Crippen MR) is 61.0 cm³/mol. The van der Waals surface area contributed by atoms with Crippen LogP contribution < -0.4 is 0 Å². The molecule has 1 saturated carbocycles. The Hall–Kier alpha value is -1.71. The molecule has 3 rings (SSSR count). The van der Waals surface area contributed by atoms with Gasteiger partial charge in [-0.1, -0.05) is 11.6 Å². The molecule has 1 heterocycles. The van der Waals surface area contributed by atoms with Crippen molar-refractivity contribution in [1.29, 1.82) is 0 Å². The van der Waals surface area contributed by atoms with Gasteiger partial charge in [0, 0.05) is 11.5 Å². The van der Waals surface area contributed by atoms with Crippen molar-refractivity contribution >= 4 is 0 Å². The van der Waals surface area contributed by atoms with Crippen LogP contribution in [-0.4, -0.2) is 10.1 Å². The topological polar surface area (TPSA) is 38.9 Å². The molecule has 88 valence electrons. The monoisotopic (exact) mass is 232 g/mol. The van der Waals surface area contributed by atoms with Crippen LogP contribution in [0.25, 0.3) is 11.4 Å². The van der Waals surface area contributed by atoms with E-state index in [1.165, 1.54) is 18.6 Å². The van der Waals surface area contributed by atoms with Gasteiger partial charge >= 0.3 is 0 Å². The summed E-state index contributed by atoms with van der Waals surface area (Å²) in [6.07, 6.45) is 3.49. The van der Waals surface area contributed by atoms with Crippen LogP contribution >= 0.6 is 0 Å². The largest absolute Gasteiger partial charge is 0.339 e. The average molecular weight is 232 g/mol. The van der Waals surface area contributed by atoms with Crippen molar-refractivity contribution in [3.8, 4) is 11.4 Å². The number of hydrogen-bond donors (Lipinski definition) is 0. The van der Waals surface area contributed by atoms with Gasteiger partial charge in [0.05, 0.1) is 0 Å². The third-order valence-corrected chi connectivity index (χ3v) is 3.33. The highest BCUT2D eigenvalue weighted by Crippen LogP contribution is 2.36. The van der Waals surface area contributed by atoms with Gasteiger partial charge in [-0.05, 0) is 43.5 Å². The van der Waals surface area contributed by atoms with Gasteiger partial charge in [-0.25, -0.2) is 4.39 Å². The standard InChI is InChI=1S/C13H13FN2O/c1-8-7-10(14)5-6-11(8)12-15-13(17-16-12)9-3-2-4-9/h5-7,9H,2-4H2,1H3. The van der Waals surface area contributed by atoms with E-state index >= 15 is 0 Å². The lowest BCUT2D eigenvalue weighted by Crippen LogP contribution is -2.08. The van der Waals surface area contributed by atoms with Crippen LogP contribution in [0.15, 0.2) is 22.7 Å². The second-order valence-electron chi connectivity index (χ2n) is 4.54. The first-order valence-corrected chi connectivity index (χ1v) is 5.84. The molecule has 3 nitrogen and oxygen atoms in total. The van der Waals surface area contributed by atoms with Crippen molar-refractivity contribution < 1.29 is 8.91 Å². The molecule has 0 atom stereocenters. The predicted octanol–water partition coefficient (Wildman–Crippen LogP) is 3.45. The third kappa shape index (κ3) is 1.84. The first-order valence-electron chi connectivity index (χ1n) is 5.84. The number of nitrogens with zero attached hydrogens (tertiary/aromatic N) is 2. The summed E-state index contributed by atoms with van der Waals surface area (Å²) < 4.78 is 18.2. The van der Waals surface area contributed by atoms with Gasteiger partial charge in [-0.2, -0.15) is 4.98 Å². The Kier molecular flexibility index (Phi) is 2.42. The fourth-order valence-corrected chi connectivity index (χ4v) is 2.04. The molecule has 1 aromatic carbocycles. The zero-order valence-electron chi connectivity index (χ0n) is 9.61. The molecular weight excluding hydrogens is 219 g/mol. The minimum Gasteiger partial charge on any atom is -0.339 e. The highest BCUT2D eigenvalue weighted by atomic mass is 19.1. The molecule has 0 spiro atoms. The van der Waals surface area contributed by atoms with Crippen LogP contribution in [0.3, 0.4) is 0 Å². The minimum absolute atomic E-state index is 0.242. The fraction of sp³-hybridized carbons (Fsp3) is 0.385. The molecule has 1 aromatic heterocycles. The zero-order chi connectivity index (χ0) is 11.8. The molecule has 0 radical (unpaired) electrons. The number of benzene rings is 1. The summed E-state index contributed by atoms with van der Waals surface area (Å²) in [5, 5.41) is 3.97. The van der Waals surface area contributed by atoms with Crippen molar-refractivity contribution in [2.45, 2.75) is 32.1 Å². The fourth-order valence-electron chi connectivity index (χ4n) is 2.04. The Morgan fingerprint density at radius 1 is 1.35 bits per heavy atom. The Labute approximate surface area is 98.7 Å². The average Bonchev–Trinajstić information content (AvgIpc) is 2.64. The maximum Gasteiger partial charge on any atom is 0.230 e. The van der Waals surface area contributed by atoms with E-state index < -0.39 is 0 Å². The van der Waals surface area contributed by atoms with E-state index in [2.05, 4.69) is 10.1 Å². The van der Waals surface area contributed by atoms with Crippen molar-refractivity contribution in [3.63, 3.8) is 0 Å². The Bertz CT molecular complexity index is 546. The maximum atomic E-state index is 13.0. The third-order valence-electron chi connectivity index (χ3n) is 3.33. The van der Waals surface area contributed by atoms with Crippen molar-refractivity contribution in [2.75, 3.05) is 0 Å². The van der Waals surface area contributed by atoms with Crippen LogP contribution in [-0.2, 0) is 0 Å². The first-order chi connectivity index (χ1) is 8.24. The van der Waals surface area contributed by atoms with Gasteiger partial charge in [0.1, 0.15) is 5.82 Å². The second kappa shape index (κ2) is 3.95. The molecule has 0 saturated heterocycles. The van der Waals surface area contributed by atoms with E-state index in [0.717, 1.165) is 29.9 Å². The number of aromatic nitrogens is 2. The molecule has 0 amide bonds. The summed E-state index contributed by atoms with van der Waals surface area (Å²) >= 11 is 0. The molecule has 1 aliphatic carbocycles. The summed E-state index contributed by atoms with van der Waals surface area (Å²) in [4.78, 5) is 4.39. The lowest BCUT2D eigenvalue weighted by atomic mass is 9.85. The summed E-state index contributed by atoms with van der Waals surface area (Å²) in [6.45, 7) is 1.85. The molecular formula is C13H13FN2O. The Morgan fingerprint density at radius 2 is 2.18 bits per heavy atom. The molecule has 0 bridgehead atoms. The van der Waals surface area contributed by atoms with Crippen molar-refractivity contribution in [3.05, 3.63) is 35.5 Å². The molecule has 4 heteroatoms. The van der Waals surface area contributed by atoms with Crippen LogP contribution in [0.5, 0.6) is 0 Å². The van der Waals surface area contributed by atoms with Crippen LogP contribution in [0.4, 0.5) is 4.39 Å². The molecule has 17 heavy (non-hydrogen) atoms. The van der Waals surface area contributed by atoms with Crippen molar-refractivity contribution in [2.24, 2.45) is 0 Å². The maximum absolute atomic E-state index is 13.0. The molecule has 0 N–H and O–H groups in total. The number of rotatable bonds is 2. The number of hydrogen-bond acceptors (Lipinski definition) is 3. The Morgan fingerprint density at radius 3 is 2.82 bits per heavy atom. The van der Waals surface area contributed by atoms with E-state index in [1.807, 2.05) is 6.92 Å². The van der Waals surface area contributed by atoms with Gasteiger partial charge in [0.2, 0.25) is 11.7 Å².